The average molecular weight is 248 g/mol. The van der Waals surface area contributed by atoms with Crippen LogP contribution >= 0.6 is 0 Å². The molecule has 1 aliphatic heterocycles. The Balaban J connectivity index is 2.58. The van der Waals surface area contributed by atoms with Crippen LogP contribution in [0.25, 0.3) is 0 Å². The van der Waals surface area contributed by atoms with E-state index in [1.54, 1.807) is 0 Å². The van der Waals surface area contributed by atoms with Crippen molar-refractivity contribution in [2.75, 3.05) is 13.2 Å². The number of rotatable bonds is 3. The molecule has 0 spiro atoms. The van der Waals surface area contributed by atoms with Gasteiger partial charge in [0.1, 0.15) is 0 Å². The summed E-state index contributed by atoms with van der Waals surface area (Å²) in [4.78, 5) is 11.1. The highest BCUT2D eigenvalue weighted by Gasteiger charge is 2.44. The van der Waals surface area contributed by atoms with E-state index in [1.807, 2.05) is 0 Å². The molecule has 0 saturated carbocycles. The molecule has 1 saturated heterocycles. The lowest BCUT2D eigenvalue weighted by Crippen LogP contribution is -2.49. The summed E-state index contributed by atoms with van der Waals surface area (Å²) >= 11 is 0. The molecule has 1 aromatic carbocycles. The summed E-state index contributed by atoms with van der Waals surface area (Å²) in [5, 5.41) is 9.14. The number of hydrogen-bond acceptors (Lipinski definition) is 2. The Kier molecular flexibility index (Phi) is 3.20. The van der Waals surface area contributed by atoms with E-state index >= 15 is 0 Å². The average Bonchev–Trinajstić information content (AvgIpc) is 2.22. The minimum Gasteiger partial charge on any atom is -0.481 e. The van der Waals surface area contributed by atoms with Crippen LogP contribution in [-0.4, -0.2) is 24.3 Å². The highest BCUT2D eigenvalue weighted by atomic mass is 16.5. The van der Waals surface area contributed by atoms with E-state index in [4.69, 9.17) is 9.84 Å². The third kappa shape index (κ3) is 1.93. The summed E-state index contributed by atoms with van der Waals surface area (Å²) in [6.07, 6.45) is 0.150. The Hall–Kier alpha value is -1.35. The van der Waals surface area contributed by atoms with E-state index in [0.717, 1.165) is 0 Å². The van der Waals surface area contributed by atoms with Gasteiger partial charge in [-0.1, -0.05) is 6.07 Å². The molecule has 1 aliphatic rings. The van der Waals surface area contributed by atoms with Crippen LogP contribution in [0.5, 0.6) is 0 Å². The van der Waals surface area contributed by atoms with Crippen molar-refractivity contribution in [2.24, 2.45) is 0 Å². The van der Waals surface area contributed by atoms with Crippen LogP contribution in [0.4, 0.5) is 0 Å². The molecule has 0 unspecified atom stereocenters. The van der Waals surface area contributed by atoms with Crippen LogP contribution in [0.2, 0.25) is 0 Å². The number of ether oxygens (including phenoxy) is 1. The van der Waals surface area contributed by atoms with Crippen LogP contribution in [-0.2, 0) is 14.9 Å². The fourth-order valence-electron chi connectivity index (χ4n) is 2.99. The molecule has 1 fully saturated rings. The molecule has 0 aliphatic carbocycles. The van der Waals surface area contributed by atoms with Gasteiger partial charge < -0.3 is 9.84 Å². The largest absolute Gasteiger partial charge is 0.481 e. The minimum atomic E-state index is -0.753. The predicted octanol–water partition coefficient (Wildman–Crippen LogP) is 2.66. The normalized spacial score (nSPS) is 17.3. The van der Waals surface area contributed by atoms with E-state index in [0.29, 0.717) is 13.2 Å². The van der Waals surface area contributed by atoms with E-state index in [9.17, 15) is 4.79 Å². The second-order valence-electron chi connectivity index (χ2n) is 5.48. The summed E-state index contributed by atoms with van der Waals surface area (Å²) in [6.45, 7) is 9.37. The smallest absolute Gasteiger partial charge is 0.304 e. The van der Waals surface area contributed by atoms with Gasteiger partial charge in [-0.2, -0.15) is 0 Å². The zero-order valence-corrected chi connectivity index (χ0v) is 11.5. The highest BCUT2D eigenvalue weighted by molar-refractivity contribution is 5.70. The molecule has 2 rings (SSSR count). The summed E-state index contributed by atoms with van der Waals surface area (Å²) in [5.74, 6) is -0.753. The van der Waals surface area contributed by atoms with Crippen LogP contribution in [0, 0.1) is 27.7 Å². The van der Waals surface area contributed by atoms with Crippen molar-refractivity contribution in [3.63, 3.8) is 0 Å². The van der Waals surface area contributed by atoms with E-state index < -0.39 is 5.97 Å². The van der Waals surface area contributed by atoms with Gasteiger partial charge in [-0.25, -0.2) is 0 Å². The van der Waals surface area contributed by atoms with Crippen molar-refractivity contribution in [3.05, 3.63) is 33.9 Å². The van der Waals surface area contributed by atoms with Crippen LogP contribution in [0.3, 0.4) is 0 Å². The Morgan fingerprint density at radius 2 is 1.72 bits per heavy atom. The summed E-state index contributed by atoms with van der Waals surface area (Å²) in [7, 11) is 0. The molecule has 1 heterocycles. The summed E-state index contributed by atoms with van der Waals surface area (Å²) < 4.78 is 5.32. The maximum absolute atomic E-state index is 11.1. The third-order valence-electron chi connectivity index (χ3n) is 4.14. The summed E-state index contributed by atoms with van der Waals surface area (Å²) in [5.41, 5.74) is 5.74. The molecule has 0 bridgehead atoms. The number of carboxylic acid groups (broad SMARTS) is 1. The maximum atomic E-state index is 11.1. The number of benzene rings is 1. The minimum absolute atomic E-state index is 0.150. The number of aryl methyl sites for hydroxylation is 2. The van der Waals surface area contributed by atoms with Gasteiger partial charge >= 0.3 is 5.97 Å². The fraction of sp³-hybridized carbons (Fsp3) is 0.533. The van der Waals surface area contributed by atoms with E-state index in [-0.39, 0.29) is 11.8 Å². The lowest BCUT2D eigenvalue weighted by Gasteiger charge is -2.43. The molecular weight excluding hydrogens is 228 g/mol. The first-order chi connectivity index (χ1) is 8.37. The van der Waals surface area contributed by atoms with Crippen LogP contribution < -0.4 is 0 Å². The Bertz CT molecular complexity index is 473. The standard InChI is InChI=1S/C15H20O3/c1-9-5-10(2)12(4)14(11(9)3)15(6-13(16)17)7-18-8-15/h5H,6-8H2,1-4H3,(H,16,17). The maximum Gasteiger partial charge on any atom is 0.304 e. The molecule has 0 aromatic heterocycles. The molecule has 3 nitrogen and oxygen atoms in total. The van der Waals surface area contributed by atoms with E-state index in [1.165, 1.54) is 27.8 Å². The van der Waals surface area contributed by atoms with Gasteiger partial charge in [0.2, 0.25) is 0 Å². The molecular formula is C15H20O3. The van der Waals surface area contributed by atoms with Crippen molar-refractivity contribution in [1.29, 1.82) is 0 Å². The fourth-order valence-corrected chi connectivity index (χ4v) is 2.99. The number of carbonyl (C=O) groups is 1. The van der Waals surface area contributed by atoms with Gasteiger partial charge in [-0.3, -0.25) is 4.79 Å². The number of carboxylic acids is 1. The Morgan fingerprint density at radius 3 is 2.06 bits per heavy atom. The topological polar surface area (TPSA) is 46.5 Å². The van der Waals surface area contributed by atoms with Crippen molar-refractivity contribution in [1.82, 2.24) is 0 Å². The molecule has 18 heavy (non-hydrogen) atoms. The van der Waals surface area contributed by atoms with Crippen molar-refractivity contribution < 1.29 is 14.6 Å². The quantitative estimate of drug-likeness (QED) is 0.894. The van der Waals surface area contributed by atoms with Crippen molar-refractivity contribution in [2.45, 2.75) is 39.5 Å². The second kappa shape index (κ2) is 4.39. The SMILES string of the molecule is Cc1cc(C)c(C)c(C2(CC(=O)O)COC2)c1C. The van der Waals surface area contributed by atoms with Crippen LogP contribution in [0.1, 0.15) is 34.2 Å². The van der Waals surface area contributed by atoms with E-state index in [2.05, 4.69) is 33.8 Å². The molecule has 3 heteroatoms. The van der Waals surface area contributed by atoms with Crippen molar-refractivity contribution in [3.8, 4) is 0 Å². The monoisotopic (exact) mass is 248 g/mol. The van der Waals surface area contributed by atoms with Gasteiger partial charge in [-0.15, -0.1) is 0 Å². The first-order valence-electron chi connectivity index (χ1n) is 6.25. The first-order valence-corrected chi connectivity index (χ1v) is 6.25. The Morgan fingerprint density at radius 1 is 1.22 bits per heavy atom. The highest BCUT2D eigenvalue weighted by Crippen LogP contribution is 2.41. The number of hydrogen-bond donors (Lipinski definition) is 1. The predicted molar refractivity (Wildman–Crippen MR) is 70.1 cm³/mol. The second-order valence-corrected chi connectivity index (χ2v) is 5.48. The lowest BCUT2D eigenvalue weighted by molar-refractivity contribution is -0.145. The summed E-state index contributed by atoms with van der Waals surface area (Å²) in [6, 6.07) is 2.17. The zero-order valence-electron chi connectivity index (χ0n) is 11.5. The van der Waals surface area contributed by atoms with Gasteiger partial charge in [0.05, 0.1) is 25.0 Å². The molecule has 1 aromatic rings. The zero-order chi connectivity index (χ0) is 13.5. The molecule has 0 radical (unpaired) electrons. The van der Waals surface area contributed by atoms with Crippen LogP contribution in [0.15, 0.2) is 6.07 Å². The van der Waals surface area contributed by atoms with Crippen molar-refractivity contribution >= 4 is 5.97 Å². The first kappa shape index (κ1) is 13.1. The molecule has 0 amide bonds. The van der Waals surface area contributed by atoms with Gasteiger partial charge in [-0.05, 0) is 55.5 Å². The molecule has 0 atom stereocenters. The number of aliphatic carboxylic acids is 1. The Labute approximate surface area is 108 Å². The van der Waals surface area contributed by atoms with Gasteiger partial charge in [0, 0.05) is 0 Å². The van der Waals surface area contributed by atoms with Gasteiger partial charge in [0.25, 0.3) is 0 Å². The third-order valence-corrected chi connectivity index (χ3v) is 4.14. The lowest BCUT2D eigenvalue weighted by atomic mass is 9.71. The molecule has 1 N–H and O–H groups in total. The van der Waals surface area contributed by atoms with Gasteiger partial charge in [0.15, 0.2) is 0 Å². The molecule has 98 valence electrons.